The van der Waals surface area contributed by atoms with Crippen LogP contribution in [0.15, 0.2) is 0 Å². The summed E-state index contributed by atoms with van der Waals surface area (Å²) in [4.78, 5) is 50.3. The molecule has 0 aromatic heterocycles. The maximum Gasteiger partial charge on any atom is 0.333 e. The van der Waals surface area contributed by atoms with Crippen molar-refractivity contribution in [2.75, 3.05) is 27.2 Å². The van der Waals surface area contributed by atoms with Crippen molar-refractivity contribution >= 4 is 23.7 Å². The molecule has 0 unspecified atom stereocenters. The van der Waals surface area contributed by atoms with Gasteiger partial charge in [-0.1, -0.05) is 13.8 Å². The highest BCUT2D eigenvalue weighted by Crippen LogP contribution is 2.20. The number of carbonyl (C=O) groups excluding carboxylic acids is 3. The van der Waals surface area contributed by atoms with Gasteiger partial charge in [-0.3, -0.25) is 14.4 Å². The molecule has 0 bridgehead atoms. The van der Waals surface area contributed by atoms with Gasteiger partial charge in [0.05, 0.1) is 5.92 Å². The fourth-order valence-corrected chi connectivity index (χ4v) is 3.05. The molecule has 3 N–H and O–H groups in total. The first-order valence-electron chi connectivity index (χ1n) is 9.27. The lowest BCUT2D eigenvalue weighted by molar-refractivity contribution is -0.162. The van der Waals surface area contributed by atoms with Gasteiger partial charge in [0.15, 0.2) is 6.10 Å². The average Bonchev–Trinajstić information content (AvgIpc) is 2.61. The molecular weight excluding hydrogens is 354 g/mol. The van der Waals surface area contributed by atoms with E-state index in [9.17, 15) is 24.3 Å². The van der Waals surface area contributed by atoms with E-state index < -0.39 is 36.5 Å². The van der Waals surface area contributed by atoms with E-state index in [4.69, 9.17) is 4.74 Å². The SMILES string of the molecule is CNC(=O)[C@@H]1CCCCN(C)C(=O)CO[C@H](C(=O)O)[C@@H](CC(C)C)C(=O)N1. The van der Waals surface area contributed by atoms with Crippen molar-refractivity contribution in [2.24, 2.45) is 11.8 Å². The van der Waals surface area contributed by atoms with E-state index in [0.29, 0.717) is 25.8 Å². The topological polar surface area (TPSA) is 125 Å². The van der Waals surface area contributed by atoms with Crippen LogP contribution in [0.3, 0.4) is 0 Å². The summed E-state index contributed by atoms with van der Waals surface area (Å²) >= 11 is 0. The zero-order valence-corrected chi connectivity index (χ0v) is 16.5. The molecule has 1 aliphatic heterocycles. The Bertz CT molecular complexity index is 551. The van der Waals surface area contributed by atoms with Crippen LogP contribution in [0.2, 0.25) is 0 Å². The molecule has 0 spiro atoms. The number of ether oxygens (including phenoxy) is 1. The average molecular weight is 385 g/mol. The summed E-state index contributed by atoms with van der Waals surface area (Å²) in [5, 5.41) is 14.8. The third-order valence-corrected chi connectivity index (χ3v) is 4.60. The number of nitrogens with zero attached hydrogens (tertiary/aromatic N) is 1. The summed E-state index contributed by atoms with van der Waals surface area (Å²) in [7, 11) is 3.10. The molecule has 0 saturated carbocycles. The van der Waals surface area contributed by atoms with Crippen LogP contribution in [0.25, 0.3) is 0 Å². The zero-order valence-electron chi connectivity index (χ0n) is 16.5. The van der Waals surface area contributed by atoms with Crippen LogP contribution >= 0.6 is 0 Å². The number of carboxylic acid groups (broad SMARTS) is 1. The molecule has 1 heterocycles. The van der Waals surface area contributed by atoms with Crippen molar-refractivity contribution < 1.29 is 29.0 Å². The zero-order chi connectivity index (χ0) is 20.6. The van der Waals surface area contributed by atoms with E-state index in [2.05, 4.69) is 10.6 Å². The Hall–Kier alpha value is -2.16. The summed E-state index contributed by atoms with van der Waals surface area (Å²) in [5.74, 6) is -3.51. The summed E-state index contributed by atoms with van der Waals surface area (Å²) in [6, 6.07) is -0.756. The van der Waals surface area contributed by atoms with E-state index in [1.165, 1.54) is 11.9 Å². The second-order valence-corrected chi connectivity index (χ2v) is 7.29. The number of hydrogen-bond acceptors (Lipinski definition) is 5. The van der Waals surface area contributed by atoms with Gasteiger partial charge in [-0.05, 0) is 31.6 Å². The first kappa shape index (κ1) is 22.9. The Morgan fingerprint density at radius 3 is 2.56 bits per heavy atom. The van der Waals surface area contributed by atoms with Crippen LogP contribution in [0, 0.1) is 11.8 Å². The van der Waals surface area contributed by atoms with Crippen LogP contribution in [0.4, 0.5) is 0 Å². The molecule has 1 rings (SSSR count). The Balaban J connectivity index is 3.16. The van der Waals surface area contributed by atoms with Crippen molar-refractivity contribution in [3.63, 3.8) is 0 Å². The smallest absolute Gasteiger partial charge is 0.333 e. The van der Waals surface area contributed by atoms with E-state index in [1.807, 2.05) is 13.8 Å². The molecule has 27 heavy (non-hydrogen) atoms. The minimum Gasteiger partial charge on any atom is -0.479 e. The normalized spacial score (nSPS) is 25.8. The highest BCUT2D eigenvalue weighted by atomic mass is 16.5. The predicted molar refractivity (Wildman–Crippen MR) is 97.8 cm³/mol. The van der Waals surface area contributed by atoms with Crippen LogP contribution in [0.5, 0.6) is 0 Å². The Morgan fingerprint density at radius 2 is 2.00 bits per heavy atom. The maximum atomic E-state index is 12.8. The lowest BCUT2D eigenvalue weighted by Crippen LogP contribution is -2.51. The molecule has 0 aromatic carbocycles. The van der Waals surface area contributed by atoms with Gasteiger partial charge >= 0.3 is 5.97 Å². The molecule has 1 fully saturated rings. The third-order valence-electron chi connectivity index (χ3n) is 4.60. The second kappa shape index (κ2) is 10.9. The number of nitrogens with one attached hydrogen (secondary N) is 2. The first-order valence-corrected chi connectivity index (χ1v) is 9.27. The molecule has 3 amide bonds. The van der Waals surface area contributed by atoms with Crippen molar-refractivity contribution in [1.82, 2.24) is 15.5 Å². The van der Waals surface area contributed by atoms with Gasteiger partial charge in [-0.2, -0.15) is 0 Å². The largest absolute Gasteiger partial charge is 0.479 e. The van der Waals surface area contributed by atoms with E-state index in [-0.39, 0.29) is 24.2 Å². The molecule has 3 atom stereocenters. The van der Waals surface area contributed by atoms with E-state index in [0.717, 1.165) is 0 Å². The molecule has 1 saturated heterocycles. The number of likely N-dealkylation sites (N-methyl/N-ethyl adjacent to an activating group) is 2. The van der Waals surface area contributed by atoms with Gasteiger partial charge in [0.1, 0.15) is 12.6 Å². The first-order chi connectivity index (χ1) is 12.7. The fraction of sp³-hybridized carbons (Fsp3) is 0.778. The van der Waals surface area contributed by atoms with Gasteiger partial charge in [-0.15, -0.1) is 0 Å². The lowest BCUT2D eigenvalue weighted by atomic mass is 9.90. The number of carboxylic acids is 1. The van der Waals surface area contributed by atoms with Gasteiger partial charge < -0.3 is 25.4 Å². The van der Waals surface area contributed by atoms with Gasteiger partial charge in [0, 0.05) is 20.6 Å². The number of amides is 3. The standard InChI is InChI=1S/C18H31N3O6/c1-11(2)9-12-15(18(25)26)27-10-14(22)21(4)8-6-5-7-13(17(24)19-3)20-16(12)23/h11-13,15H,5-10H2,1-4H3,(H,19,24)(H,20,23)(H,25,26)/t12-,13+,15+/m1/s1. The quantitative estimate of drug-likeness (QED) is 0.625. The molecule has 1 aliphatic rings. The number of hydrogen-bond donors (Lipinski definition) is 3. The highest BCUT2D eigenvalue weighted by Gasteiger charge is 2.37. The molecule has 154 valence electrons. The van der Waals surface area contributed by atoms with Crippen LogP contribution in [-0.2, 0) is 23.9 Å². The van der Waals surface area contributed by atoms with Crippen molar-refractivity contribution in [3.05, 3.63) is 0 Å². The second-order valence-electron chi connectivity index (χ2n) is 7.29. The monoisotopic (exact) mass is 385 g/mol. The lowest BCUT2D eigenvalue weighted by Gasteiger charge is -2.27. The molecular formula is C18H31N3O6. The fourth-order valence-electron chi connectivity index (χ4n) is 3.05. The van der Waals surface area contributed by atoms with Crippen molar-refractivity contribution in [3.8, 4) is 0 Å². The Labute approximate surface area is 159 Å². The predicted octanol–water partition coefficient (Wildman–Crippen LogP) is -0.00840. The van der Waals surface area contributed by atoms with Gasteiger partial charge in [-0.25, -0.2) is 4.79 Å². The molecule has 0 aromatic rings. The van der Waals surface area contributed by atoms with Crippen molar-refractivity contribution in [2.45, 2.75) is 51.7 Å². The Kier molecular flexibility index (Phi) is 9.20. The number of rotatable bonds is 4. The summed E-state index contributed by atoms with van der Waals surface area (Å²) < 4.78 is 5.35. The van der Waals surface area contributed by atoms with E-state index >= 15 is 0 Å². The molecule has 0 aliphatic carbocycles. The van der Waals surface area contributed by atoms with E-state index in [1.54, 1.807) is 7.05 Å². The maximum absolute atomic E-state index is 12.8. The number of carbonyl (C=O) groups is 4. The Morgan fingerprint density at radius 1 is 1.33 bits per heavy atom. The molecule has 9 heteroatoms. The minimum absolute atomic E-state index is 0.0266. The van der Waals surface area contributed by atoms with Crippen molar-refractivity contribution in [1.29, 1.82) is 0 Å². The molecule has 9 nitrogen and oxygen atoms in total. The van der Waals surface area contributed by atoms with Gasteiger partial charge in [0.25, 0.3) is 0 Å². The summed E-state index contributed by atoms with van der Waals surface area (Å²) in [6.45, 7) is 3.78. The summed E-state index contributed by atoms with van der Waals surface area (Å²) in [6.07, 6.45) is 0.487. The van der Waals surface area contributed by atoms with Gasteiger partial charge in [0.2, 0.25) is 17.7 Å². The minimum atomic E-state index is -1.46. The highest BCUT2D eigenvalue weighted by molar-refractivity contribution is 5.91. The van der Waals surface area contributed by atoms with Crippen LogP contribution in [-0.4, -0.2) is 73.1 Å². The third kappa shape index (κ3) is 7.16. The van der Waals surface area contributed by atoms with Crippen LogP contribution < -0.4 is 10.6 Å². The number of aliphatic carboxylic acids is 1. The summed E-state index contributed by atoms with van der Waals surface area (Å²) in [5.41, 5.74) is 0. The molecule has 0 radical (unpaired) electrons. The van der Waals surface area contributed by atoms with Crippen LogP contribution in [0.1, 0.15) is 39.5 Å².